The number of hydrogen-bond donors (Lipinski definition) is 2. The van der Waals surface area contributed by atoms with E-state index >= 15 is 0 Å². The summed E-state index contributed by atoms with van der Waals surface area (Å²) in [6.45, 7) is 3.27. The maximum Gasteiger partial charge on any atom is 0.355 e. The van der Waals surface area contributed by atoms with Gasteiger partial charge in [-0.25, -0.2) is 4.79 Å². The van der Waals surface area contributed by atoms with E-state index in [0.717, 1.165) is 5.56 Å². The lowest BCUT2D eigenvalue weighted by atomic mass is 10.1. The van der Waals surface area contributed by atoms with Gasteiger partial charge in [-0.1, -0.05) is 35.9 Å². The highest BCUT2D eigenvalue weighted by Gasteiger charge is 2.20. The number of aromatic nitrogens is 1. The zero-order valence-electron chi connectivity index (χ0n) is 14.7. The molecule has 1 aromatic heterocycles. The minimum Gasteiger partial charge on any atom is -0.448 e. The number of carbonyl (C=O) groups is 2. The van der Waals surface area contributed by atoms with E-state index in [-0.39, 0.29) is 5.69 Å². The van der Waals surface area contributed by atoms with Gasteiger partial charge in [0.15, 0.2) is 6.10 Å². The number of rotatable bonds is 4. The molecular weight excluding hydrogens is 368 g/mol. The van der Waals surface area contributed by atoms with Crippen molar-refractivity contribution in [2.24, 2.45) is 0 Å². The molecule has 0 saturated carbocycles. The van der Waals surface area contributed by atoms with Crippen molar-refractivity contribution in [2.75, 3.05) is 5.32 Å². The second-order valence-corrected chi connectivity index (χ2v) is 6.53. The lowest BCUT2D eigenvalue weighted by Gasteiger charge is -2.15. The Morgan fingerprint density at radius 3 is 2.67 bits per heavy atom. The Hall–Kier alpha value is -3.12. The van der Waals surface area contributed by atoms with Gasteiger partial charge in [0.05, 0.1) is 0 Å². The van der Waals surface area contributed by atoms with Gasteiger partial charge in [0.2, 0.25) is 0 Å². The van der Waals surface area contributed by atoms with Crippen LogP contribution in [0.4, 0.5) is 5.69 Å². The molecule has 3 rings (SSSR count). The summed E-state index contributed by atoms with van der Waals surface area (Å²) >= 11 is 5.94. The number of pyridine rings is 1. The first kappa shape index (κ1) is 18.7. The van der Waals surface area contributed by atoms with Crippen LogP contribution in [0.5, 0.6) is 0 Å². The Morgan fingerprint density at radius 1 is 1.15 bits per heavy atom. The molecule has 0 aliphatic heterocycles. The third-order valence-corrected chi connectivity index (χ3v) is 4.32. The van der Waals surface area contributed by atoms with Crippen LogP contribution in [0.1, 0.15) is 23.0 Å². The van der Waals surface area contributed by atoms with E-state index in [1.54, 1.807) is 42.5 Å². The molecule has 1 heterocycles. The predicted octanol–water partition coefficient (Wildman–Crippen LogP) is 3.67. The molecule has 1 atom stereocenters. The van der Waals surface area contributed by atoms with Crippen molar-refractivity contribution in [3.8, 4) is 0 Å². The number of anilines is 1. The zero-order chi connectivity index (χ0) is 19.6. The fraction of sp³-hybridized carbons (Fsp3) is 0.150. The monoisotopic (exact) mass is 384 g/mol. The van der Waals surface area contributed by atoms with Gasteiger partial charge in [0.1, 0.15) is 5.69 Å². The van der Waals surface area contributed by atoms with Gasteiger partial charge in [0, 0.05) is 16.1 Å². The predicted molar refractivity (Wildman–Crippen MR) is 104 cm³/mol. The van der Waals surface area contributed by atoms with Crippen molar-refractivity contribution in [3.63, 3.8) is 0 Å². The summed E-state index contributed by atoms with van der Waals surface area (Å²) in [7, 11) is 0. The summed E-state index contributed by atoms with van der Waals surface area (Å²) in [5.41, 5.74) is 0.948. The summed E-state index contributed by atoms with van der Waals surface area (Å²) < 4.78 is 5.19. The normalized spacial score (nSPS) is 11.8. The molecule has 138 valence electrons. The summed E-state index contributed by atoms with van der Waals surface area (Å²) in [5.74, 6) is -1.29. The van der Waals surface area contributed by atoms with Gasteiger partial charge in [-0.3, -0.25) is 9.59 Å². The maximum atomic E-state index is 12.3. The molecular formula is C20H17ClN2O4. The van der Waals surface area contributed by atoms with Crippen molar-refractivity contribution in [3.05, 3.63) is 75.2 Å². The maximum absolute atomic E-state index is 12.3. The number of nitrogens with one attached hydrogen (secondary N) is 2. The summed E-state index contributed by atoms with van der Waals surface area (Å²) in [6.07, 6.45) is -1.06. The van der Waals surface area contributed by atoms with Gasteiger partial charge in [0.25, 0.3) is 11.5 Å². The van der Waals surface area contributed by atoms with Crippen molar-refractivity contribution in [1.29, 1.82) is 0 Å². The number of halogens is 1. The minimum absolute atomic E-state index is 0.0164. The summed E-state index contributed by atoms with van der Waals surface area (Å²) in [5, 5.41) is 4.24. The highest BCUT2D eigenvalue weighted by molar-refractivity contribution is 6.31. The second kappa shape index (κ2) is 7.63. The molecule has 0 unspecified atom stereocenters. The SMILES string of the molecule is Cc1ccc(Cl)cc1NC(=O)[C@@H](C)OC(=O)c1cc2ccccc2c(=O)[nH]1. The van der Waals surface area contributed by atoms with Crippen LogP contribution in [0.2, 0.25) is 5.02 Å². The first-order chi connectivity index (χ1) is 12.8. The Labute approximate surface area is 160 Å². The van der Waals surface area contributed by atoms with Gasteiger partial charge < -0.3 is 15.0 Å². The van der Waals surface area contributed by atoms with E-state index < -0.39 is 23.5 Å². The van der Waals surface area contributed by atoms with Gasteiger partial charge in [-0.15, -0.1) is 0 Å². The molecule has 7 heteroatoms. The van der Waals surface area contributed by atoms with Gasteiger partial charge in [-0.05, 0) is 49.1 Å². The number of hydrogen-bond acceptors (Lipinski definition) is 4. The number of aromatic amines is 1. The largest absolute Gasteiger partial charge is 0.448 e. The molecule has 0 saturated heterocycles. The first-order valence-electron chi connectivity index (χ1n) is 8.25. The molecule has 0 aliphatic rings. The molecule has 27 heavy (non-hydrogen) atoms. The van der Waals surface area contributed by atoms with Crippen LogP contribution < -0.4 is 10.9 Å². The number of aryl methyl sites for hydroxylation is 1. The van der Waals surface area contributed by atoms with E-state index in [4.69, 9.17) is 16.3 Å². The molecule has 2 aromatic carbocycles. The zero-order valence-corrected chi connectivity index (χ0v) is 15.5. The molecule has 0 spiro atoms. The third kappa shape index (κ3) is 4.17. The minimum atomic E-state index is -1.06. The molecule has 6 nitrogen and oxygen atoms in total. The van der Waals surface area contributed by atoms with E-state index in [9.17, 15) is 14.4 Å². The number of amides is 1. The van der Waals surface area contributed by atoms with Gasteiger partial charge in [-0.2, -0.15) is 0 Å². The van der Waals surface area contributed by atoms with Gasteiger partial charge >= 0.3 is 5.97 Å². The lowest BCUT2D eigenvalue weighted by molar-refractivity contribution is -0.123. The molecule has 1 amide bonds. The van der Waals surface area contributed by atoms with Crippen LogP contribution in [0.15, 0.2) is 53.3 Å². The highest BCUT2D eigenvalue weighted by atomic mass is 35.5. The van der Waals surface area contributed by atoms with E-state index in [0.29, 0.717) is 21.5 Å². The quantitative estimate of drug-likeness (QED) is 0.672. The second-order valence-electron chi connectivity index (χ2n) is 6.10. The average molecular weight is 385 g/mol. The lowest BCUT2D eigenvalue weighted by Crippen LogP contribution is -2.31. The van der Waals surface area contributed by atoms with Crippen molar-refractivity contribution >= 4 is 39.9 Å². The van der Waals surface area contributed by atoms with Crippen molar-refractivity contribution in [1.82, 2.24) is 4.98 Å². The molecule has 3 aromatic rings. The standard InChI is InChI=1S/C20H17ClN2O4/c1-11-7-8-14(21)10-16(11)22-18(24)12(2)27-20(26)17-9-13-5-3-4-6-15(13)19(25)23-17/h3-10,12H,1-2H3,(H,22,24)(H,23,25)/t12-/m1/s1. The summed E-state index contributed by atoms with van der Waals surface area (Å²) in [6, 6.07) is 13.5. The Bertz CT molecular complexity index is 1090. The van der Waals surface area contributed by atoms with E-state index in [2.05, 4.69) is 10.3 Å². The van der Waals surface area contributed by atoms with E-state index in [1.165, 1.54) is 13.0 Å². The smallest absolute Gasteiger partial charge is 0.355 e. The van der Waals surface area contributed by atoms with Crippen molar-refractivity contribution < 1.29 is 14.3 Å². The van der Waals surface area contributed by atoms with Crippen LogP contribution in [-0.2, 0) is 9.53 Å². The van der Waals surface area contributed by atoms with Crippen molar-refractivity contribution in [2.45, 2.75) is 20.0 Å². The summed E-state index contributed by atoms with van der Waals surface area (Å²) in [4.78, 5) is 39.2. The van der Waals surface area contributed by atoms with E-state index in [1.807, 2.05) is 6.92 Å². The molecule has 0 bridgehead atoms. The molecule has 0 aliphatic carbocycles. The number of carbonyl (C=O) groups excluding carboxylic acids is 2. The number of benzene rings is 2. The number of esters is 1. The number of H-pyrrole nitrogens is 1. The Balaban J connectivity index is 1.74. The molecule has 2 N–H and O–H groups in total. The molecule has 0 radical (unpaired) electrons. The molecule has 0 fully saturated rings. The van der Waals surface area contributed by atoms with Crippen LogP contribution in [0.25, 0.3) is 10.8 Å². The topological polar surface area (TPSA) is 88.3 Å². The fourth-order valence-electron chi connectivity index (χ4n) is 2.56. The fourth-order valence-corrected chi connectivity index (χ4v) is 2.73. The number of ether oxygens (including phenoxy) is 1. The van der Waals surface area contributed by atoms with Crippen LogP contribution in [0, 0.1) is 6.92 Å². The van der Waals surface area contributed by atoms with Crippen LogP contribution in [0.3, 0.4) is 0 Å². The Morgan fingerprint density at radius 2 is 1.89 bits per heavy atom. The average Bonchev–Trinajstić information content (AvgIpc) is 2.64. The Kier molecular flexibility index (Phi) is 5.28. The number of fused-ring (bicyclic) bond motifs is 1. The first-order valence-corrected chi connectivity index (χ1v) is 8.63. The van der Waals surface area contributed by atoms with Crippen LogP contribution in [-0.4, -0.2) is 23.0 Å². The highest BCUT2D eigenvalue weighted by Crippen LogP contribution is 2.20. The van der Waals surface area contributed by atoms with Crippen LogP contribution >= 0.6 is 11.6 Å². The third-order valence-electron chi connectivity index (χ3n) is 4.08.